The Labute approximate surface area is 153 Å². The fourth-order valence-electron chi connectivity index (χ4n) is 2.28. The monoisotopic (exact) mass is 431 g/mol. The van der Waals surface area contributed by atoms with Gasteiger partial charge in [-0.3, -0.25) is 4.99 Å². The van der Waals surface area contributed by atoms with Gasteiger partial charge in [0, 0.05) is 25.7 Å². The van der Waals surface area contributed by atoms with Crippen LogP contribution in [0.25, 0.3) is 0 Å². The van der Waals surface area contributed by atoms with E-state index in [4.69, 9.17) is 4.42 Å². The summed E-state index contributed by atoms with van der Waals surface area (Å²) in [5.74, 6) is 2.33. The van der Waals surface area contributed by atoms with Gasteiger partial charge in [0.2, 0.25) is 0 Å². The van der Waals surface area contributed by atoms with Crippen molar-refractivity contribution in [2.45, 2.75) is 26.8 Å². The second-order valence-corrected chi connectivity index (χ2v) is 5.13. The molecule has 2 N–H and O–H groups in total. The van der Waals surface area contributed by atoms with Gasteiger partial charge in [0.25, 0.3) is 0 Å². The number of nitrogens with one attached hydrogen (secondary N) is 2. The zero-order valence-electron chi connectivity index (χ0n) is 13.6. The lowest BCUT2D eigenvalue weighted by molar-refractivity contribution is 0.500. The average molecular weight is 431 g/mol. The van der Waals surface area contributed by atoms with E-state index in [2.05, 4.69) is 15.6 Å². The van der Waals surface area contributed by atoms with Gasteiger partial charge < -0.3 is 15.1 Å². The van der Waals surface area contributed by atoms with Crippen molar-refractivity contribution >= 4 is 29.9 Å². The van der Waals surface area contributed by atoms with Gasteiger partial charge in [-0.15, -0.1) is 24.0 Å². The second kappa shape index (κ2) is 9.54. The molecule has 2 rings (SSSR count). The Morgan fingerprint density at radius 3 is 2.52 bits per heavy atom. The van der Waals surface area contributed by atoms with E-state index in [0.29, 0.717) is 31.0 Å². The molecular formula is C17H23FIN3O. The molecule has 0 saturated carbocycles. The first-order valence-corrected chi connectivity index (χ1v) is 7.34. The zero-order chi connectivity index (χ0) is 15.9. The molecule has 0 aliphatic carbocycles. The third-order valence-corrected chi connectivity index (χ3v) is 3.46. The molecule has 1 heterocycles. The predicted octanol–water partition coefficient (Wildman–Crippen LogP) is 3.56. The first kappa shape index (κ1) is 19.5. The lowest BCUT2D eigenvalue weighted by Crippen LogP contribution is -2.38. The van der Waals surface area contributed by atoms with Crippen molar-refractivity contribution < 1.29 is 8.81 Å². The SMILES string of the molecule is CN=C(NCCc1ccccc1F)NCc1cc(C)oc1C.I. The van der Waals surface area contributed by atoms with E-state index in [9.17, 15) is 4.39 Å². The van der Waals surface area contributed by atoms with E-state index in [1.165, 1.54) is 6.07 Å². The first-order chi connectivity index (χ1) is 10.6. The third kappa shape index (κ3) is 5.85. The Kier molecular flexibility index (Phi) is 8.08. The Morgan fingerprint density at radius 2 is 1.91 bits per heavy atom. The minimum atomic E-state index is -0.170. The Bertz CT molecular complexity index is 655. The van der Waals surface area contributed by atoms with E-state index in [1.807, 2.05) is 26.0 Å². The molecular weight excluding hydrogens is 408 g/mol. The van der Waals surface area contributed by atoms with Crippen LogP contribution in [-0.4, -0.2) is 19.6 Å². The molecule has 0 atom stereocenters. The molecule has 6 heteroatoms. The number of aliphatic imine (C=N–C) groups is 1. The summed E-state index contributed by atoms with van der Waals surface area (Å²) in [5, 5.41) is 6.41. The highest BCUT2D eigenvalue weighted by Gasteiger charge is 2.06. The standard InChI is InChI=1S/C17H22FN3O.HI/c1-12-10-15(13(2)22-12)11-21-17(19-3)20-9-8-14-6-4-5-7-16(14)18;/h4-7,10H,8-9,11H2,1-3H3,(H2,19,20,21);1H. The van der Waals surface area contributed by atoms with E-state index < -0.39 is 0 Å². The van der Waals surface area contributed by atoms with E-state index >= 15 is 0 Å². The highest BCUT2D eigenvalue weighted by molar-refractivity contribution is 14.0. The summed E-state index contributed by atoms with van der Waals surface area (Å²) in [6, 6.07) is 8.82. The van der Waals surface area contributed by atoms with Gasteiger partial charge in [0.05, 0.1) is 0 Å². The fourth-order valence-corrected chi connectivity index (χ4v) is 2.28. The summed E-state index contributed by atoms with van der Waals surface area (Å²) in [4.78, 5) is 4.16. The molecule has 0 unspecified atom stereocenters. The summed E-state index contributed by atoms with van der Waals surface area (Å²) >= 11 is 0. The maximum Gasteiger partial charge on any atom is 0.191 e. The molecule has 0 fully saturated rings. The van der Waals surface area contributed by atoms with Crippen LogP contribution in [0.2, 0.25) is 0 Å². The number of furan rings is 1. The summed E-state index contributed by atoms with van der Waals surface area (Å²) in [6.45, 7) is 5.13. The van der Waals surface area contributed by atoms with Crippen LogP contribution in [0.1, 0.15) is 22.6 Å². The molecule has 1 aromatic heterocycles. The van der Waals surface area contributed by atoms with E-state index in [0.717, 1.165) is 17.1 Å². The highest BCUT2D eigenvalue weighted by atomic mass is 127. The molecule has 4 nitrogen and oxygen atoms in total. The smallest absolute Gasteiger partial charge is 0.191 e. The van der Waals surface area contributed by atoms with E-state index in [-0.39, 0.29) is 29.8 Å². The van der Waals surface area contributed by atoms with Crippen LogP contribution >= 0.6 is 24.0 Å². The van der Waals surface area contributed by atoms with Gasteiger partial charge >= 0.3 is 0 Å². The van der Waals surface area contributed by atoms with Crippen LogP contribution in [0.4, 0.5) is 4.39 Å². The first-order valence-electron chi connectivity index (χ1n) is 7.34. The Balaban J connectivity index is 0.00000264. The largest absolute Gasteiger partial charge is 0.466 e. The highest BCUT2D eigenvalue weighted by Crippen LogP contribution is 2.13. The number of benzene rings is 1. The van der Waals surface area contributed by atoms with Crippen LogP contribution < -0.4 is 10.6 Å². The summed E-state index contributed by atoms with van der Waals surface area (Å²) in [7, 11) is 1.71. The predicted molar refractivity (Wildman–Crippen MR) is 102 cm³/mol. The van der Waals surface area contributed by atoms with Gasteiger partial charge in [-0.1, -0.05) is 18.2 Å². The van der Waals surface area contributed by atoms with Crippen molar-refractivity contribution in [2.75, 3.05) is 13.6 Å². The number of hydrogen-bond donors (Lipinski definition) is 2. The molecule has 23 heavy (non-hydrogen) atoms. The van der Waals surface area contributed by atoms with Crippen molar-refractivity contribution in [3.63, 3.8) is 0 Å². The molecule has 0 radical (unpaired) electrons. The number of rotatable bonds is 5. The lowest BCUT2D eigenvalue weighted by Gasteiger charge is -2.11. The minimum absolute atomic E-state index is 0. The van der Waals surface area contributed by atoms with Gasteiger partial charge in [-0.05, 0) is 38.0 Å². The molecule has 0 aliphatic heterocycles. The summed E-state index contributed by atoms with van der Waals surface area (Å²) < 4.78 is 19.0. The van der Waals surface area contributed by atoms with E-state index in [1.54, 1.807) is 19.2 Å². The minimum Gasteiger partial charge on any atom is -0.466 e. The molecule has 1 aromatic carbocycles. The second-order valence-electron chi connectivity index (χ2n) is 5.13. The van der Waals surface area contributed by atoms with Gasteiger partial charge in [0.1, 0.15) is 17.3 Å². The maximum atomic E-state index is 13.5. The van der Waals surface area contributed by atoms with Crippen LogP contribution in [0.15, 0.2) is 39.7 Å². The summed E-state index contributed by atoms with van der Waals surface area (Å²) in [5.41, 5.74) is 1.81. The van der Waals surface area contributed by atoms with Crippen LogP contribution in [-0.2, 0) is 13.0 Å². The number of aryl methyl sites for hydroxylation is 2. The molecule has 0 bridgehead atoms. The molecule has 0 aliphatic rings. The quantitative estimate of drug-likeness (QED) is 0.433. The van der Waals surface area contributed by atoms with Gasteiger partial charge in [0.15, 0.2) is 5.96 Å². The van der Waals surface area contributed by atoms with Crippen molar-refractivity contribution in [1.82, 2.24) is 10.6 Å². The van der Waals surface area contributed by atoms with Crippen LogP contribution in [0.3, 0.4) is 0 Å². The number of halogens is 2. The van der Waals surface area contributed by atoms with Crippen molar-refractivity contribution in [3.05, 3.63) is 58.8 Å². The zero-order valence-corrected chi connectivity index (χ0v) is 16.0. The molecule has 2 aromatic rings. The number of hydrogen-bond acceptors (Lipinski definition) is 2. The number of nitrogens with zero attached hydrogens (tertiary/aromatic N) is 1. The topological polar surface area (TPSA) is 49.6 Å². The fraction of sp³-hybridized carbons (Fsp3) is 0.353. The molecule has 0 amide bonds. The molecule has 0 spiro atoms. The maximum absolute atomic E-state index is 13.5. The number of guanidine groups is 1. The third-order valence-electron chi connectivity index (χ3n) is 3.46. The van der Waals surface area contributed by atoms with Gasteiger partial charge in [-0.2, -0.15) is 0 Å². The van der Waals surface area contributed by atoms with Crippen molar-refractivity contribution in [2.24, 2.45) is 4.99 Å². The molecule has 126 valence electrons. The summed E-state index contributed by atoms with van der Waals surface area (Å²) in [6.07, 6.45) is 0.608. The van der Waals surface area contributed by atoms with Crippen molar-refractivity contribution in [3.8, 4) is 0 Å². The lowest BCUT2D eigenvalue weighted by atomic mass is 10.1. The Morgan fingerprint density at radius 1 is 1.17 bits per heavy atom. The Hall–Kier alpha value is -1.57. The normalized spacial score (nSPS) is 11.0. The average Bonchev–Trinajstić information content (AvgIpc) is 2.82. The van der Waals surface area contributed by atoms with Crippen LogP contribution in [0.5, 0.6) is 0 Å². The van der Waals surface area contributed by atoms with Crippen molar-refractivity contribution in [1.29, 1.82) is 0 Å². The van der Waals surface area contributed by atoms with Crippen LogP contribution in [0, 0.1) is 19.7 Å². The molecule has 0 saturated heterocycles. The van der Waals surface area contributed by atoms with Gasteiger partial charge in [-0.25, -0.2) is 4.39 Å².